The van der Waals surface area contributed by atoms with E-state index < -0.39 is 0 Å². The highest BCUT2D eigenvalue weighted by Crippen LogP contribution is 2.30. The fourth-order valence-corrected chi connectivity index (χ4v) is 3.15. The molecule has 0 aliphatic rings. The van der Waals surface area contributed by atoms with Crippen LogP contribution in [0, 0.1) is 19.7 Å². The zero-order valence-electron chi connectivity index (χ0n) is 13.5. The van der Waals surface area contributed by atoms with E-state index in [2.05, 4.69) is 31.5 Å². The second-order valence-corrected chi connectivity index (χ2v) is 5.87. The van der Waals surface area contributed by atoms with Gasteiger partial charge in [0.25, 0.3) is 0 Å². The summed E-state index contributed by atoms with van der Waals surface area (Å²) in [5.74, 6) is -0.184. The Labute approximate surface area is 148 Å². The van der Waals surface area contributed by atoms with Crippen LogP contribution in [0.3, 0.4) is 0 Å². The number of benzene rings is 2. The normalized spacial score (nSPS) is 11.9. The lowest BCUT2D eigenvalue weighted by molar-refractivity contribution is 0.0868. The number of nitrogens with one attached hydrogen (secondary N) is 1. The van der Waals surface area contributed by atoms with Crippen molar-refractivity contribution in [1.29, 1.82) is 0 Å². The Balaban J connectivity index is 0.00000264. The van der Waals surface area contributed by atoms with Gasteiger partial charge in [0.1, 0.15) is 5.82 Å². The van der Waals surface area contributed by atoms with E-state index in [9.17, 15) is 4.39 Å². The highest BCUT2D eigenvalue weighted by Gasteiger charge is 2.20. The summed E-state index contributed by atoms with van der Waals surface area (Å²) in [5.41, 5.74) is 7.04. The molecule has 1 atom stereocenters. The van der Waals surface area contributed by atoms with Crippen molar-refractivity contribution in [1.82, 2.24) is 5.48 Å². The van der Waals surface area contributed by atoms with Crippen LogP contribution in [0.4, 0.5) is 4.39 Å². The minimum absolute atomic E-state index is 0. The van der Waals surface area contributed by atoms with Gasteiger partial charge in [0.2, 0.25) is 0 Å². The van der Waals surface area contributed by atoms with E-state index in [1.165, 1.54) is 22.8 Å². The van der Waals surface area contributed by atoms with Crippen molar-refractivity contribution in [2.75, 3.05) is 13.7 Å². The van der Waals surface area contributed by atoms with E-state index in [4.69, 9.17) is 16.4 Å². The van der Waals surface area contributed by atoms with Gasteiger partial charge in [0.15, 0.2) is 0 Å². The third-order valence-electron chi connectivity index (χ3n) is 3.94. The molecule has 0 radical (unpaired) electrons. The van der Waals surface area contributed by atoms with Crippen LogP contribution >= 0.6 is 24.0 Å². The van der Waals surface area contributed by atoms with Gasteiger partial charge in [-0.15, -0.1) is 12.4 Å². The van der Waals surface area contributed by atoms with Crippen molar-refractivity contribution >= 4 is 24.0 Å². The lowest BCUT2D eigenvalue weighted by Crippen LogP contribution is -2.23. The molecule has 126 valence electrons. The summed E-state index contributed by atoms with van der Waals surface area (Å²) < 4.78 is 14.1. The van der Waals surface area contributed by atoms with Gasteiger partial charge in [0, 0.05) is 23.0 Å². The van der Waals surface area contributed by atoms with E-state index in [1.807, 2.05) is 6.07 Å². The van der Waals surface area contributed by atoms with Gasteiger partial charge in [-0.2, -0.15) is 0 Å². The van der Waals surface area contributed by atoms with Crippen LogP contribution in [0.2, 0.25) is 5.02 Å². The summed E-state index contributed by atoms with van der Waals surface area (Å²) in [6.45, 7) is 4.74. The summed E-state index contributed by atoms with van der Waals surface area (Å²) >= 11 is 6.18. The van der Waals surface area contributed by atoms with Crippen molar-refractivity contribution in [3.8, 4) is 0 Å². The highest BCUT2D eigenvalue weighted by atomic mass is 35.5. The molecule has 0 aromatic heterocycles. The molecule has 2 aromatic carbocycles. The molecule has 5 heteroatoms. The monoisotopic (exact) mass is 357 g/mol. The minimum Gasteiger partial charge on any atom is -0.305 e. The summed E-state index contributed by atoms with van der Waals surface area (Å²) in [7, 11) is 1.58. The van der Waals surface area contributed by atoms with Gasteiger partial charge in [0.05, 0.1) is 7.11 Å². The second kappa shape index (κ2) is 9.24. The van der Waals surface area contributed by atoms with E-state index in [0.29, 0.717) is 23.6 Å². The van der Waals surface area contributed by atoms with Gasteiger partial charge in [-0.3, -0.25) is 0 Å². The second-order valence-electron chi connectivity index (χ2n) is 5.46. The Kier molecular flexibility index (Phi) is 8.00. The molecule has 1 unspecified atom stereocenters. The largest absolute Gasteiger partial charge is 0.305 e. The molecule has 0 aliphatic heterocycles. The van der Waals surface area contributed by atoms with Crippen LogP contribution < -0.4 is 5.48 Å². The first-order valence-corrected chi connectivity index (χ1v) is 7.67. The first-order valence-electron chi connectivity index (χ1n) is 7.29. The molecule has 2 rings (SSSR count). The van der Waals surface area contributed by atoms with Gasteiger partial charge < -0.3 is 4.84 Å². The van der Waals surface area contributed by atoms with Crippen LogP contribution in [-0.4, -0.2) is 13.7 Å². The molecule has 0 aliphatic carbocycles. The van der Waals surface area contributed by atoms with Crippen LogP contribution in [0.1, 0.15) is 28.2 Å². The maximum atomic E-state index is 14.1. The zero-order chi connectivity index (χ0) is 16.1. The van der Waals surface area contributed by atoms with E-state index in [-0.39, 0.29) is 24.1 Å². The van der Waals surface area contributed by atoms with Gasteiger partial charge in [-0.05, 0) is 49.1 Å². The van der Waals surface area contributed by atoms with Crippen LogP contribution in [0.5, 0.6) is 0 Å². The average molecular weight is 358 g/mol. The standard InChI is InChI=1S/C18H21ClFNO.ClH/c1-12-6-4-7-13(2)18(12)14(11-21-22-3)10-15-16(19)8-5-9-17(15)20;/h4-9,14,21H,10-11H2,1-3H3;1H. The molecule has 2 aromatic rings. The molecular weight excluding hydrogens is 336 g/mol. The smallest absolute Gasteiger partial charge is 0.127 e. The van der Waals surface area contributed by atoms with Crippen LogP contribution in [-0.2, 0) is 11.3 Å². The van der Waals surface area contributed by atoms with Crippen molar-refractivity contribution in [2.45, 2.75) is 26.2 Å². The highest BCUT2D eigenvalue weighted by molar-refractivity contribution is 6.31. The molecule has 0 fully saturated rings. The molecule has 0 saturated carbocycles. The topological polar surface area (TPSA) is 21.3 Å². The minimum atomic E-state index is -0.263. The third-order valence-corrected chi connectivity index (χ3v) is 4.29. The molecule has 0 saturated heterocycles. The van der Waals surface area contributed by atoms with E-state index in [1.54, 1.807) is 19.2 Å². The SMILES string of the molecule is CONCC(Cc1c(F)cccc1Cl)c1c(C)cccc1C.Cl. The summed E-state index contributed by atoms with van der Waals surface area (Å²) in [6.07, 6.45) is 0.521. The molecule has 0 heterocycles. The van der Waals surface area contributed by atoms with Crippen molar-refractivity contribution in [2.24, 2.45) is 0 Å². The van der Waals surface area contributed by atoms with Crippen LogP contribution in [0.25, 0.3) is 0 Å². The third kappa shape index (κ3) is 4.92. The average Bonchev–Trinajstić information content (AvgIpc) is 2.47. The summed E-state index contributed by atoms with van der Waals surface area (Å²) in [6, 6.07) is 11.0. The Bertz CT molecular complexity index is 608. The summed E-state index contributed by atoms with van der Waals surface area (Å²) in [5, 5.41) is 0.466. The van der Waals surface area contributed by atoms with E-state index in [0.717, 1.165) is 0 Å². The Morgan fingerprint density at radius 1 is 1.13 bits per heavy atom. The number of aryl methyl sites for hydroxylation is 2. The maximum Gasteiger partial charge on any atom is 0.127 e. The van der Waals surface area contributed by atoms with Crippen molar-refractivity contribution in [3.05, 3.63) is 69.5 Å². The molecule has 0 spiro atoms. The number of halogens is 3. The predicted octanol–water partition coefficient (Wildman–Crippen LogP) is 5.00. The summed E-state index contributed by atoms with van der Waals surface area (Å²) in [4.78, 5) is 4.99. The number of rotatable bonds is 6. The fourth-order valence-electron chi connectivity index (χ4n) is 2.91. The van der Waals surface area contributed by atoms with Gasteiger partial charge in [-0.1, -0.05) is 35.9 Å². The quantitative estimate of drug-likeness (QED) is 0.734. The number of hydroxylamine groups is 1. The fraction of sp³-hybridized carbons (Fsp3) is 0.333. The molecule has 0 bridgehead atoms. The Morgan fingerprint density at radius 3 is 2.30 bits per heavy atom. The Morgan fingerprint density at radius 2 is 1.74 bits per heavy atom. The van der Waals surface area contributed by atoms with Gasteiger partial charge >= 0.3 is 0 Å². The first kappa shape index (κ1) is 19.9. The van der Waals surface area contributed by atoms with Crippen molar-refractivity contribution < 1.29 is 9.23 Å². The first-order chi connectivity index (χ1) is 10.5. The molecule has 1 N–H and O–H groups in total. The van der Waals surface area contributed by atoms with Crippen LogP contribution in [0.15, 0.2) is 36.4 Å². The maximum absolute atomic E-state index is 14.1. The predicted molar refractivity (Wildman–Crippen MR) is 96.0 cm³/mol. The molecular formula is C18H22Cl2FNO. The lowest BCUT2D eigenvalue weighted by atomic mass is 9.86. The van der Waals surface area contributed by atoms with Crippen molar-refractivity contribution in [3.63, 3.8) is 0 Å². The molecule has 2 nitrogen and oxygen atoms in total. The molecule has 23 heavy (non-hydrogen) atoms. The van der Waals surface area contributed by atoms with E-state index >= 15 is 0 Å². The lowest BCUT2D eigenvalue weighted by Gasteiger charge is -2.22. The Hall–Kier alpha value is -1.13. The van der Waals surface area contributed by atoms with Gasteiger partial charge in [-0.25, -0.2) is 9.87 Å². The zero-order valence-corrected chi connectivity index (χ0v) is 15.1. The number of hydrogen-bond acceptors (Lipinski definition) is 2. The molecule has 0 amide bonds. The number of hydrogen-bond donors (Lipinski definition) is 1.